The van der Waals surface area contributed by atoms with Crippen LogP contribution in [0.15, 0.2) is 95.9 Å². The molecule has 5 aromatic rings. The molecule has 0 saturated carbocycles. The summed E-state index contributed by atoms with van der Waals surface area (Å²) >= 11 is 0. The molecule has 1 N–H and O–H groups in total. The van der Waals surface area contributed by atoms with E-state index in [1.807, 2.05) is 60.7 Å². The van der Waals surface area contributed by atoms with E-state index in [0.717, 1.165) is 44.0 Å². The van der Waals surface area contributed by atoms with Crippen molar-refractivity contribution in [3.8, 4) is 5.69 Å². The molecule has 1 fully saturated rings. The highest BCUT2D eigenvalue weighted by Gasteiger charge is 2.16. The number of anilines is 3. The van der Waals surface area contributed by atoms with Crippen molar-refractivity contribution in [2.24, 2.45) is 0 Å². The lowest BCUT2D eigenvalue weighted by Crippen LogP contribution is -2.44. The molecule has 1 saturated heterocycles. The van der Waals surface area contributed by atoms with Crippen LogP contribution >= 0.6 is 0 Å². The molecule has 39 heavy (non-hydrogen) atoms. The topological polar surface area (TPSA) is 79.2 Å². The van der Waals surface area contributed by atoms with Gasteiger partial charge in [0.1, 0.15) is 5.52 Å². The molecule has 2 aromatic heterocycles. The van der Waals surface area contributed by atoms with Gasteiger partial charge in [0.25, 0.3) is 5.56 Å². The van der Waals surface area contributed by atoms with Crippen LogP contribution in [-0.4, -0.2) is 57.9 Å². The van der Waals surface area contributed by atoms with Gasteiger partial charge in [-0.25, -0.2) is 9.97 Å². The highest BCUT2D eigenvalue weighted by molar-refractivity contribution is 5.80. The van der Waals surface area contributed by atoms with Crippen molar-refractivity contribution in [1.29, 1.82) is 0 Å². The van der Waals surface area contributed by atoms with Gasteiger partial charge < -0.3 is 15.1 Å². The Balaban J connectivity index is 1.31. The van der Waals surface area contributed by atoms with Gasteiger partial charge in [-0.3, -0.25) is 4.79 Å². The lowest BCUT2D eigenvalue weighted by atomic mass is 10.1. The third-order valence-corrected chi connectivity index (χ3v) is 7.19. The molecular weight excluding hydrogens is 486 g/mol. The minimum atomic E-state index is -0.234. The van der Waals surface area contributed by atoms with Gasteiger partial charge in [0.15, 0.2) is 0 Å². The van der Waals surface area contributed by atoms with Gasteiger partial charge in [0, 0.05) is 43.8 Å². The van der Waals surface area contributed by atoms with E-state index in [0.29, 0.717) is 29.0 Å². The lowest BCUT2D eigenvalue weighted by Gasteiger charge is -2.34. The maximum Gasteiger partial charge on any atom is 0.282 e. The third kappa shape index (κ3) is 5.51. The van der Waals surface area contributed by atoms with E-state index in [1.165, 1.54) is 15.9 Å². The van der Waals surface area contributed by atoms with Crippen LogP contribution in [0.1, 0.15) is 11.3 Å². The van der Waals surface area contributed by atoms with Gasteiger partial charge in [-0.2, -0.15) is 9.78 Å². The molecule has 0 aliphatic carbocycles. The predicted octanol–water partition coefficient (Wildman–Crippen LogP) is 4.46. The fourth-order valence-electron chi connectivity index (χ4n) is 4.92. The lowest BCUT2D eigenvalue weighted by molar-refractivity contribution is 0.313. The summed E-state index contributed by atoms with van der Waals surface area (Å²) in [5, 5.41) is 8.55. The molecule has 1 aliphatic rings. The summed E-state index contributed by atoms with van der Waals surface area (Å²) in [6.07, 6.45) is 3.04. The van der Waals surface area contributed by atoms with E-state index < -0.39 is 0 Å². The molecule has 0 bridgehead atoms. The molecule has 196 valence electrons. The third-order valence-electron chi connectivity index (χ3n) is 7.19. The molecule has 0 spiro atoms. The first kappa shape index (κ1) is 24.8. The Labute approximate surface area is 227 Å². The summed E-state index contributed by atoms with van der Waals surface area (Å²) in [6, 6.07) is 28.1. The van der Waals surface area contributed by atoms with Crippen molar-refractivity contribution in [1.82, 2.24) is 24.6 Å². The van der Waals surface area contributed by atoms with E-state index in [4.69, 9.17) is 10.1 Å². The Morgan fingerprint density at radius 1 is 0.795 bits per heavy atom. The SMILES string of the molecule is CN1CCN(c2ccc(Nc3ncc4c(=O)n(-c5ccccc5)nc(CCc5ccccc5)c4n3)cc2)CC1. The molecule has 0 amide bonds. The zero-order chi connectivity index (χ0) is 26.6. The summed E-state index contributed by atoms with van der Waals surface area (Å²) in [5.74, 6) is 0.439. The molecule has 0 unspecified atom stereocenters. The van der Waals surface area contributed by atoms with Crippen molar-refractivity contribution in [3.05, 3.63) is 113 Å². The van der Waals surface area contributed by atoms with Crippen LogP contribution in [0.2, 0.25) is 0 Å². The van der Waals surface area contributed by atoms with Crippen molar-refractivity contribution >= 4 is 28.2 Å². The van der Waals surface area contributed by atoms with Crippen molar-refractivity contribution in [2.75, 3.05) is 43.4 Å². The van der Waals surface area contributed by atoms with Gasteiger partial charge in [-0.15, -0.1) is 0 Å². The van der Waals surface area contributed by atoms with Crippen LogP contribution in [0, 0.1) is 0 Å². The second kappa shape index (κ2) is 11.0. The average molecular weight is 518 g/mol. The highest BCUT2D eigenvalue weighted by atomic mass is 16.1. The predicted molar refractivity (Wildman–Crippen MR) is 156 cm³/mol. The normalized spacial score (nSPS) is 14.0. The minimum absolute atomic E-state index is 0.234. The maximum atomic E-state index is 13.4. The zero-order valence-electron chi connectivity index (χ0n) is 22.0. The number of nitrogens with one attached hydrogen (secondary N) is 1. The number of benzene rings is 3. The summed E-state index contributed by atoms with van der Waals surface area (Å²) in [6.45, 7) is 4.18. The van der Waals surface area contributed by atoms with E-state index in [-0.39, 0.29) is 5.56 Å². The molecule has 8 nitrogen and oxygen atoms in total. The van der Waals surface area contributed by atoms with E-state index in [9.17, 15) is 4.79 Å². The number of hydrogen-bond donors (Lipinski definition) is 1. The second-order valence-electron chi connectivity index (χ2n) is 9.90. The average Bonchev–Trinajstić information content (AvgIpc) is 2.99. The number of fused-ring (bicyclic) bond motifs is 1. The van der Waals surface area contributed by atoms with Crippen LogP contribution in [0.4, 0.5) is 17.3 Å². The maximum absolute atomic E-state index is 13.4. The van der Waals surface area contributed by atoms with E-state index in [2.05, 4.69) is 51.4 Å². The Kier molecular flexibility index (Phi) is 7.01. The highest BCUT2D eigenvalue weighted by Crippen LogP contribution is 2.22. The summed E-state index contributed by atoms with van der Waals surface area (Å²) in [7, 11) is 2.16. The Morgan fingerprint density at radius 3 is 2.21 bits per heavy atom. The first-order chi connectivity index (χ1) is 19.1. The van der Waals surface area contributed by atoms with Crippen LogP contribution in [0.5, 0.6) is 0 Å². The second-order valence-corrected chi connectivity index (χ2v) is 9.90. The molecule has 0 radical (unpaired) electrons. The molecule has 1 aliphatic heterocycles. The van der Waals surface area contributed by atoms with Gasteiger partial charge in [-0.1, -0.05) is 48.5 Å². The number of hydrogen-bond acceptors (Lipinski definition) is 7. The molecule has 8 heteroatoms. The number of aromatic nitrogens is 4. The fourth-order valence-corrected chi connectivity index (χ4v) is 4.92. The summed E-state index contributed by atoms with van der Waals surface area (Å²) in [5.41, 5.74) is 5.13. The van der Waals surface area contributed by atoms with E-state index in [1.54, 1.807) is 6.20 Å². The zero-order valence-corrected chi connectivity index (χ0v) is 22.0. The van der Waals surface area contributed by atoms with E-state index >= 15 is 0 Å². The molecule has 3 heterocycles. The summed E-state index contributed by atoms with van der Waals surface area (Å²) < 4.78 is 1.45. The Hall–Kier alpha value is -4.56. The quantitative estimate of drug-likeness (QED) is 0.342. The number of likely N-dealkylation sites (N-methyl/N-ethyl adjacent to an activating group) is 1. The first-order valence-corrected chi connectivity index (χ1v) is 13.3. The standard InChI is InChI=1S/C31H31N7O/c1-36-18-20-37(21-19-36)25-15-13-24(14-16-25)33-31-32-22-27-29(34-31)28(17-12-23-8-4-2-5-9-23)35-38(30(27)39)26-10-6-3-7-11-26/h2-11,13-16,22H,12,17-21H2,1H3,(H,32,33,34). The van der Waals surface area contributed by atoms with Gasteiger partial charge in [0.2, 0.25) is 5.95 Å². The van der Waals surface area contributed by atoms with Gasteiger partial charge in [-0.05, 0) is 61.9 Å². The number of para-hydroxylation sites is 1. The van der Waals surface area contributed by atoms with Crippen molar-refractivity contribution in [2.45, 2.75) is 12.8 Å². The number of nitrogens with zero attached hydrogens (tertiary/aromatic N) is 6. The van der Waals surface area contributed by atoms with Gasteiger partial charge in [0.05, 0.1) is 16.8 Å². The molecule has 0 atom stereocenters. The number of rotatable bonds is 7. The van der Waals surface area contributed by atoms with Crippen LogP contribution in [0.3, 0.4) is 0 Å². The fraction of sp³-hybridized carbons (Fsp3) is 0.226. The van der Waals surface area contributed by atoms with Crippen LogP contribution < -0.4 is 15.8 Å². The van der Waals surface area contributed by atoms with Crippen LogP contribution in [0.25, 0.3) is 16.6 Å². The smallest absolute Gasteiger partial charge is 0.282 e. The van der Waals surface area contributed by atoms with Crippen molar-refractivity contribution in [3.63, 3.8) is 0 Å². The number of piperazine rings is 1. The monoisotopic (exact) mass is 517 g/mol. The first-order valence-electron chi connectivity index (χ1n) is 13.3. The van der Waals surface area contributed by atoms with Crippen molar-refractivity contribution < 1.29 is 0 Å². The summed E-state index contributed by atoms with van der Waals surface area (Å²) in [4.78, 5) is 27.5. The Bertz CT molecular complexity index is 1610. The Morgan fingerprint density at radius 2 is 1.49 bits per heavy atom. The van der Waals surface area contributed by atoms with Gasteiger partial charge >= 0.3 is 0 Å². The number of aryl methyl sites for hydroxylation is 2. The minimum Gasteiger partial charge on any atom is -0.369 e. The molecule has 6 rings (SSSR count). The molecular formula is C31H31N7O. The largest absolute Gasteiger partial charge is 0.369 e. The van der Waals surface area contributed by atoms with Crippen LogP contribution in [-0.2, 0) is 12.8 Å². The molecule has 3 aromatic carbocycles.